The molecule has 1 atom stereocenters. The smallest absolute Gasteiger partial charge is 0.0573 e. The number of aromatic nitrogens is 1. The summed E-state index contributed by atoms with van der Waals surface area (Å²) in [5, 5.41) is 3.32. The molecule has 1 N–H and O–H groups in total. The first kappa shape index (κ1) is 12.7. The highest BCUT2D eigenvalue weighted by Gasteiger charge is 2.09. The van der Waals surface area contributed by atoms with Gasteiger partial charge in [0, 0.05) is 16.7 Å². The van der Waals surface area contributed by atoms with Gasteiger partial charge < -0.3 is 5.32 Å². The summed E-state index contributed by atoms with van der Waals surface area (Å²) in [5.41, 5.74) is 1.14. The van der Waals surface area contributed by atoms with Crippen molar-refractivity contribution in [1.29, 1.82) is 0 Å². The Labute approximate surface area is 101 Å². The van der Waals surface area contributed by atoms with Crippen LogP contribution in [0.5, 0.6) is 0 Å². The van der Waals surface area contributed by atoms with Gasteiger partial charge in [0.1, 0.15) is 0 Å². The van der Waals surface area contributed by atoms with Crippen LogP contribution in [0.25, 0.3) is 0 Å². The second kappa shape index (κ2) is 6.96. The number of nitrogens with one attached hydrogen (secondary N) is 1. The largest absolute Gasteiger partial charge is 0.312 e. The third kappa shape index (κ3) is 4.31. The van der Waals surface area contributed by atoms with Gasteiger partial charge >= 0.3 is 0 Å². The van der Waals surface area contributed by atoms with Crippen molar-refractivity contribution < 1.29 is 0 Å². The van der Waals surface area contributed by atoms with Crippen molar-refractivity contribution in [3.05, 3.63) is 28.5 Å². The molecule has 0 spiro atoms. The number of halogens is 1. The Morgan fingerprint density at radius 1 is 1.40 bits per heavy atom. The number of hydrogen-bond donors (Lipinski definition) is 1. The third-order valence-corrected chi connectivity index (χ3v) is 3.02. The quantitative estimate of drug-likeness (QED) is 0.798. The van der Waals surface area contributed by atoms with Crippen LogP contribution < -0.4 is 5.32 Å². The van der Waals surface area contributed by atoms with Crippen LogP contribution in [0.2, 0.25) is 0 Å². The number of unbranched alkanes of at least 4 members (excludes halogenated alkanes) is 2. The summed E-state index contributed by atoms with van der Waals surface area (Å²) < 4.78 is 1.04. The summed E-state index contributed by atoms with van der Waals surface area (Å²) in [4.78, 5) is 4.42. The topological polar surface area (TPSA) is 24.9 Å². The molecule has 0 radical (unpaired) electrons. The summed E-state index contributed by atoms with van der Waals surface area (Å²) in [6, 6.07) is 4.52. The molecule has 1 unspecified atom stereocenters. The second-order valence-electron chi connectivity index (χ2n) is 3.74. The zero-order chi connectivity index (χ0) is 11.1. The van der Waals surface area contributed by atoms with Gasteiger partial charge in [0.25, 0.3) is 0 Å². The number of pyridine rings is 1. The van der Waals surface area contributed by atoms with E-state index in [1.165, 1.54) is 25.7 Å². The molecular weight excluding hydrogens is 252 g/mol. The molecule has 1 rings (SSSR count). The second-order valence-corrected chi connectivity index (χ2v) is 4.65. The fourth-order valence-electron chi connectivity index (χ4n) is 1.63. The monoisotopic (exact) mass is 270 g/mol. The first-order valence-corrected chi connectivity index (χ1v) is 6.36. The fraction of sp³-hybridized carbons (Fsp3) is 0.583. The molecule has 0 aliphatic rings. The highest BCUT2D eigenvalue weighted by Crippen LogP contribution is 2.19. The van der Waals surface area contributed by atoms with Crippen LogP contribution in [0.3, 0.4) is 0 Å². The van der Waals surface area contributed by atoms with E-state index in [0.29, 0.717) is 6.04 Å². The number of rotatable bonds is 6. The average Bonchev–Trinajstić information content (AvgIpc) is 2.26. The molecule has 0 amide bonds. The normalized spacial score (nSPS) is 12.7. The Bertz CT molecular complexity index is 271. The van der Waals surface area contributed by atoms with Crippen LogP contribution in [0.1, 0.15) is 44.3 Å². The van der Waals surface area contributed by atoms with Crippen molar-refractivity contribution in [2.75, 3.05) is 7.05 Å². The molecule has 0 saturated heterocycles. The van der Waals surface area contributed by atoms with Gasteiger partial charge in [-0.05, 0) is 41.5 Å². The highest BCUT2D eigenvalue weighted by molar-refractivity contribution is 9.10. The van der Waals surface area contributed by atoms with E-state index in [1.807, 2.05) is 19.3 Å². The Morgan fingerprint density at radius 2 is 2.20 bits per heavy atom. The van der Waals surface area contributed by atoms with Crippen molar-refractivity contribution in [2.24, 2.45) is 0 Å². The van der Waals surface area contributed by atoms with Gasteiger partial charge in [-0.2, -0.15) is 0 Å². The van der Waals surface area contributed by atoms with Gasteiger partial charge in [-0.1, -0.05) is 26.2 Å². The summed E-state index contributed by atoms with van der Waals surface area (Å²) >= 11 is 3.40. The molecule has 0 saturated carbocycles. The van der Waals surface area contributed by atoms with Crippen LogP contribution >= 0.6 is 15.9 Å². The zero-order valence-corrected chi connectivity index (χ0v) is 11.0. The minimum atomic E-state index is 0.393. The van der Waals surface area contributed by atoms with E-state index in [1.54, 1.807) is 0 Å². The lowest BCUT2D eigenvalue weighted by molar-refractivity contribution is 0.501. The average molecular weight is 271 g/mol. The maximum Gasteiger partial charge on any atom is 0.0573 e. The van der Waals surface area contributed by atoms with Gasteiger partial charge in [0.2, 0.25) is 0 Å². The van der Waals surface area contributed by atoms with Crippen molar-refractivity contribution in [1.82, 2.24) is 10.3 Å². The van der Waals surface area contributed by atoms with E-state index in [4.69, 9.17) is 0 Å². The number of nitrogens with zero attached hydrogens (tertiary/aromatic N) is 1. The van der Waals surface area contributed by atoms with Gasteiger partial charge in [0.05, 0.1) is 5.69 Å². The molecule has 0 aromatic carbocycles. The predicted octanol–water partition coefficient (Wildman–Crippen LogP) is 3.68. The highest BCUT2D eigenvalue weighted by atomic mass is 79.9. The molecule has 1 aromatic rings. The number of hydrogen-bond acceptors (Lipinski definition) is 2. The summed E-state index contributed by atoms with van der Waals surface area (Å²) in [7, 11) is 2.00. The molecule has 0 bridgehead atoms. The molecule has 2 nitrogen and oxygen atoms in total. The first-order valence-electron chi connectivity index (χ1n) is 5.56. The van der Waals surface area contributed by atoms with Gasteiger partial charge in [-0.3, -0.25) is 4.98 Å². The summed E-state index contributed by atoms with van der Waals surface area (Å²) in [6.07, 6.45) is 6.86. The minimum absolute atomic E-state index is 0.393. The van der Waals surface area contributed by atoms with Crippen molar-refractivity contribution in [3.8, 4) is 0 Å². The van der Waals surface area contributed by atoms with Crippen LogP contribution in [0.15, 0.2) is 22.8 Å². The van der Waals surface area contributed by atoms with Gasteiger partial charge in [-0.15, -0.1) is 0 Å². The van der Waals surface area contributed by atoms with E-state index in [9.17, 15) is 0 Å². The summed E-state index contributed by atoms with van der Waals surface area (Å²) in [5.74, 6) is 0. The third-order valence-electron chi connectivity index (χ3n) is 2.55. The molecule has 1 aromatic heterocycles. The van der Waals surface area contributed by atoms with E-state index in [-0.39, 0.29) is 0 Å². The Kier molecular flexibility index (Phi) is 5.88. The molecule has 0 fully saturated rings. The summed E-state index contributed by atoms with van der Waals surface area (Å²) in [6.45, 7) is 2.23. The Hall–Kier alpha value is -0.410. The van der Waals surface area contributed by atoms with Crippen molar-refractivity contribution >= 4 is 15.9 Å². The van der Waals surface area contributed by atoms with E-state index < -0.39 is 0 Å². The molecule has 84 valence electrons. The van der Waals surface area contributed by atoms with Crippen molar-refractivity contribution in [2.45, 2.75) is 38.6 Å². The lowest BCUT2D eigenvalue weighted by atomic mass is 10.1. The van der Waals surface area contributed by atoms with Crippen molar-refractivity contribution in [3.63, 3.8) is 0 Å². The van der Waals surface area contributed by atoms with E-state index in [2.05, 4.69) is 39.2 Å². The molecule has 3 heteroatoms. The molecular formula is C12H19BrN2. The fourth-order valence-corrected chi connectivity index (χ4v) is 1.87. The lowest BCUT2D eigenvalue weighted by Gasteiger charge is -2.15. The van der Waals surface area contributed by atoms with E-state index in [0.717, 1.165) is 10.2 Å². The predicted molar refractivity (Wildman–Crippen MR) is 67.9 cm³/mol. The minimum Gasteiger partial charge on any atom is -0.312 e. The lowest BCUT2D eigenvalue weighted by Crippen LogP contribution is -2.17. The maximum absolute atomic E-state index is 4.42. The Morgan fingerprint density at radius 3 is 2.73 bits per heavy atom. The van der Waals surface area contributed by atoms with Crippen LogP contribution in [-0.4, -0.2) is 12.0 Å². The van der Waals surface area contributed by atoms with Crippen LogP contribution in [-0.2, 0) is 0 Å². The first-order chi connectivity index (χ1) is 7.27. The molecule has 0 aliphatic heterocycles. The molecule has 1 heterocycles. The molecule has 0 aliphatic carbocycles. The van der Waals surface area contributed by atoms with Gasteiger partial charge in [0.15, 0.2) is 0 Å². The molecule has 15 heavy (non-hydrogen) atoms. The standard InChI is InChI=1S/C12H19BrN2/c1-3-4-5-6-11(14-2)12-8-7-10(13)9-15-12/h7-9,11,14H,3-6H2,1-2H3. The SMILES string of the molecule is CCCCCC(NC)c1ccc(Br)cn1. The maximum atomic E-state index is 4.42. The van der Waals surface area contributed by atoms with Crippen LogP contribution in [0.4, 0.5) is 0 Å². The van der Waals surface area contributed by atoms with E-state index >= 15 is 0 Å². The zero-order valence-electron chi connectivity index (χ0n) is 9.46. The Balaban J connectivity index is 2.53. The van der Waals surface area contributed by atoms with Crippen LogP contribution in [0, 0.1) is 0 Å². The van der Waals surface area contributed by atoms with Gasteiger partial charge in [-0.25, -0.2) is 0 Å².